The number of nitrogens with zero attached hydrogens (tertiary/aromatic N) is 1. The maximum atomic E-state index is 5.81. The Bertz CT molecular complexity index is 386. The van der Waals surface area contributed by atoms with E-state index in [0.29, 0.717) is 5.02 Å². The maximum Gasteiger partial charge on any atom is 0.0703 e. The zero-order valence-corrected chi connectivity index (χ0v) is 7.47. The van der Waals surface area contributed by atoms with Crippen LogP contribution in [0, 0.1) is 6.92 Å². The van der Waals surface area contributed by atoms with E-state index in [4.69, 9.17) is 11.6 Å². The Morgan fingerprint density at radius 1 is 1.25 bits per heavy atom. The molecule has 0 unspecified atom stereocenters. The molecule has 2 heteroatoms. The number of aromatic nitrogens is 1. The highest BCUT2D eigenvalue weighted by Crippen LogP contribution is 2.17. The molecule has 1 heterocycles. The minimum atomic E-state index is 0.688. The summed E-state index contributed by atoms with van der Waals surface area (Å²) in [5, 5.41) is 1.79. The molecule has 0 fully saturated rings. The Kier molecular flexibility index (Phi) is 1.74. The zero-order valence-electron chi connectivity index (χ0n) is 6.71. The molecule has 0 saturated heterocycles. The van der Waals surface area contributed by atoms with Crippen LogP contribution < -0.4 is 0 Å². The fourth-order valence-corrected chi connectivity index (χ4v) is 1.39. The molecule has 0 aliphatic carbocycles. The van der Waals surface area contributed by atoms with Crippen LogP contribution in [0.4, 0.5) is 0 Å². The van der Waals surface area contributed by atoms with Gasteiger partial charge in [0.2, 0.25) is 0 Å². The van der Waals surface area contributed by atoms with Gasteiger partial charge in [0.15, 0.2) is 0 Å². The summed E-state index contributed by atoms with van der Waals surface area (Å²) in [6.07, 6.45) is 1.67. The summed E-state index contributed by atoms with van der Waals surface area (Å²) in [5.41, 5.74) is 2.22. The molecule has 0 atom stereocenters. The van der Waals surface area contributed by atoms with Crippen LogP contribution in [-0.2, 0) is 0 Å². The van der Waals surface area contributed by atoms with Crippen molar-refractivity contribution in [2.24, 2.45) is 0 Å². The monoisotopic (exact) mass is 177 g/mol. The van der Waals surface area contributed by atoms with Crippen LogP contribution in [0.3, 0.4) is 0 Å². The highest BCUT2D eigenvalue weighted by Gasteiger charge is 1.95. The number of fused-ring (bicyclic) bond motifs is 1. The second kappa shape index (κ2) is 2.76. The van der Waals surface area contributed by atoms with Crippen molar-refractivity contribution < 1.29 is 0 Å². The van der Waals surface area contributed by atoms with Crippen LogP contribution in [0.2, 0.25) is 5.02 Å². The van der Waals surface area contributed by atoms with E-state index in [1.54, 1.807) is 6.20 Å². The minimum absolute atomic E-state index is 0.688. The highest BCUT2D eigenvalue weighted by atomic mass is 35.5. The van der Waals surface area contributed by atoms with Gasteiger partial charge in [-0.05, 0) is 25.1 Å². The van der Waals surface area contributed by atoms with Gasteiger partial charge in [0.1, 0.15) is 0 Å². The van der Waals surface area contributed by atoms with Crippen LogP contribution in [0.15, 0.2) is 30.5 Å². The minimum Gasteiger partial charge on any atom is -0.255 e. The van der Waals surface area contributed by atoms with E-state index in [0.717, 1.165) is 10.9 Å². The number of rotatable bonds is 0. The van der Waals surface area contributed by atoms with Gasteiger partial charge in [-0.15, -0.1) is 0 Å². The lowest BCUT2D eigenvalue weighted by Gasteiger charge is -1.98. The average Bonchev–Trinajstić information content (AvgIpc) is 2.03. The molecule has 0 radical (unpaired) electrons. The van der Waals surface area contributed by atoms with Crippen molar-refractivity contribution in [2.75, 3.05) is 0 Å². The number of pyridine rings is 1. The topological polar surface area (TPSA) is 12.9 Å². The largest absolute Gasteiger partial charge is 0.255 e. The lowest BCUT2D eigenvalue weighted by molar-refractivity contribution is 1.39. The Morgan fingerprint density at radius 3 is 2.92 bits per heavy atom. The van der Waals surface area contributed by atoms with Crippen molar-refractivity contribution in [3.63, 3.8) is 0 Å². The van der Waals surface area contributed by atoms with Gasteiger partial charge in [0.25, 0.3) is 0 Å². The summed E-state index contributed by atoms with van der Waals surface area (Å²) in [6, 6.07) is 8.05. The molecular formula is C10H8ClN. The van der Waals surface area contributed by atoms with Crippen LogP contribution in [-0.4, -0.2) is 4.98 Å². The van der Waals surface area contributed by atoms with Crippen molar-refractivity contribution in [3.05, 3.63) is 41.0 Å². The lowest BCUT2D eigenvalue weighted by Crippen LogP contribution is -1.79. The van der Waals surface area contributed by atoms with Crippen LogP contribution in [0.25, 0.3) is 10.9 Å². The smallest absolute Gasteiger partial charge is 0.0703 e. The average molecular weight is 178 g/mol. The molecule has 60 valence electrons. The molecule has 1 aromatic heterocycles. The molecule has 2 aromatic rings. The molecule has 12 heavy (non-hydrogen) atoms. The molecule has 0 aliphatic rings. The quantitative estimate of drug-likeness (QED) is 0.602. The molecule has 0 N–H and O–H groups in total. The predicted octanol–water partition coefficient (Wildman–Crippen LogP) is 3.20. The Labute approximate surface area is 76.0 Å². The fourth-order valence-electron chi connectivity index (χ4n) is 1.22. The van der Waals surface area contributed by atoms with Gasteiger partial charge in [0, 0.05) is 11.6 Å². The standard InChI is InChI=1S/C10H8ClN/c1-7-2-3-10-8(4-7)5-9(11)6-12-10/h2-6H,1H3. The van der Waals surface area contributed by atoms with Gasteiger partial charge in [-0.25, -0.2) is 0 Å². The number of hydrogen-bond acceptors (Lipinski definition) is 1. The first-order chi connectivity index (χ1) is 5.75. The second-order valence-corrected chi connectivity index (χ2v) is 3.29. The summed E-state index contributed by atoms with van der Waals surface area (Å²) in [5.74, 6) is 0. The van der Waals surface area contributed by atoms with E-state index in [-0.39, 0.29) is 0 Å². The van der Waals surface area contributed by atoms with Crippen LogP contribution >= 0.6 is 11.6 Å². The molecule has 1 nitrogen and oxygen atoms in total. The highest BCUT2D eigenvalue weighted by molar-refractivity contribution is 6.31. The third-order valence-electron chi connectivity index (χ3n) is 1.80. The van der Waals surface area contributed by atoms with Crippen molar-refractivity contribution in [2.45, 2.75) is 6.92 Å². The van der Waals surface area contributed by atoms with Crippen molar-refractivity contribution in [1.29, 1.82) is 0 Å². The van der Waals surface area contributed by atoms with Crippen LogP contribution in [0.5, 0.6) is 0 Å². The number of benzene rings is 1. The first kappa shape index (κ1) is 7.56. The first-order valence-corrected chi connectivity index (χ1v) is 4.15. The number of aryl methyl sites for hydroxylation is 1. The van der Waals surface area contributed by atoms with Gasteiger partial charge in [-0.2, -0.15) is 0 Å². The van der Waals surface area contributed by atoms with E-state index < -0.39 is 0 Å². The second-order valence-electron chi connectivity index (χ2n) is 2.85. The lowest BCUT2D eigenvalue weighted by atomic mass is 10.1. The Hall–Kier alpha value is -1.08. The van der Waals surface area contributed by atoms with Crippen molar-refractivity contribution in [1.82, 2.24) is 4.98 Å². The normalized spacial score (nSPS) is 10.5. The van der Waals surface area contributed by atoms with Crippen molar-refractivity contribution in [3.8, 4) is 0 Å². The number of halogens is 1. The van der Waals surface area contributed by atoms with Gasteiger partial charge in [-0.3, -0.25) is 4.98 Å². The summed E-state index contributed by atoms with van der Waals surface area (Å²) in [6.45, 7) is 2.06. The van der Waals surface area contributed by atoms with Gasteiger partial charge in [0.05, 0.1) is 10.5 Å². The van der Waals surface area contributed by atoms with Gasteiger partial charge < -0.3 is 0 Å². The summed E-state index contributed by atoms with van der Waals surface area (Å²) >= 11 is 5.81. The first-order valence-electron chi connectivity index (χ1n) is 3.77. The molecule has 1 aromatic carbocycles. The molecule has 0 saturated carbocycles. The number of hydrogen-bond donors (Lipinski definition) is 0. The third-order valence-corrected chi connectivity index (χ3v) is 2.01. The molecular weight excluding hydrogens is 170 g/mol. The molecule has 0 bridgehead atoms. The molecule has 0 amide bonds. The molecule has 0 aliphatic heterocycles. The zero-order chi connectivity index (χ0) is 8.55. The van der Waals surface area contributed by atoms with E-state index in [2.05, 4.69) is 18.0 Å². The Balaban J connectivity index is 2.80. The molecule has 0 spiro atoms. The van der Waals surface area contributed by atoms with E-state index in [1.165, 1.54) is 5.56 Å². The Morgan fingerprint density at radius 2 is 2.08 bits per heavy atom. The fraction of sp³-hybridized carbons (Fsp3) is 0.100. The van der Waals surface area contributed by atoms with Gasteiger partial charge >= 0.3 is 0 Å². The van der Waals surface area contributed by atoms with E-state index in [9.17, 15) is 0 Å². The third kappa shape index (κ3) is 1.28. The summed E-state index contributed by atoms with van der Waals surface area (Å²) < 4.78 is 0. The van der Waals surface area contributed by atoms with Crippen LogP contribution in [0.1, 0.15) is 5.56 Å². The van der Waals surface area contributed by atoms with Gasteiger partial charge in [-0.1, -0.05) is 23.2 Å². The van der Waals surface area contributed by atoms with E-state index in [1.807, 2.05) is 18.2 Å². The SMILES string of the molecule is Cc1ccc2ncc(Cl)cc2c1. The summed E-state index contributed by atoms with van der Waals surface area (Å²) in [7, 11) is 0. The van der Waals surface area contributed by atoms with Crippen molar-refractivity contribution >= 4 is 22.5 Å². The predicted molar refractivity (Wildman–Crippen MR) is 51.5 cm³/mol. The maximum absolute atomic E-state index is 5.81. The molecule has 2 rings (SSSR count). The van der Waals surface area contributed by atoms with E-state index >= 15 is 0 Å². The summed E-state index contributed by atoms with van der Waals surface area (Å²) in [4.78, 5) is 4.19.